The van der Waals surface area contributed by atoms with Gasteiger partial charge < -0.3 is 4.74 Å². The molecule has 3 rings (SSSR count). The van der Waals surface area contributed by atoms with Crippen LogP contribution < -0.4 is 0 Å². The van der Waals surface area contributed by atoms with Crippen molar-refractivity contribution in [3.05, 3.63) is 53.7 Å². The highest BCUT2D eigenvalue weighted by Crippen LogP contribution is 2.35. The lowest BCUT2D eigenvalue weighted by Crippen LogP contribution is -2.04. The molecule has 2 aromatic heterocycles. The summed E-state index contributed by atoms with van der Waals surface area (Å²) in [6.07, 6.45) is 5.18. The lowest BCUT2D eigenvalue weighted by Gasteiger charge is -2.16. The molecule has 1 aromatic carbocycles. The van der Waals surface area contributed by atoms with Gasteiger partial charge in [0.1, 0.15) is 0 Å². The lowest BCUT2D eigenvalue weighted by atomic mass is 9.91. The van der Waals surface area contributed by atoms with Gasteiger partial charge in [0.05, 0.1) is 18.5 Å². The predicted molar refractivity (Wildman–Crippen MR) is 108 cm³/mol. The molecule has 0 aliphatic heterocycles. The molecule has 27 heavy (non-hydrogen) atoms. The predicted octanol–water partition coefficient (Wildman–Crippen LogP) is 4.82. The zero-order chi connectivity index (χ0) is 19.4. The minimum atomic E-state index is -0.351. The summed E-state index contributed by atoms with van der Waals surface area (Å²) in [5.41, 5.74) is 4.80. The summed E-state index contributed by atoms with van der Waals surface area (Å²) in [5.74, 6) is -0.107. The molecular formula is C22H25N3O2. The number of nitrogens with zero attached hydrogens (tertiary/aromatic N) is 3. The number of hydrogen-bond acceptors (Lipinski definition) is 4. The van der Waals surface area contributed by atoms with Crippen LogP contribution in [0.15, 0.2) is 42.6 Å². The maximum absolute atomic E-state index is 11.9. The molecule has 0 bridgehead atoms. The molecule has 0 saturated heterocycles. The molecular weight excluding hydrogens is 338 g/mol. The van der Waals surface area contributed by atoms with E-state index < -0.39 is 0 Å². The van der Waals surface area contributed by atoms with Crippen molar-refractivity contribution in [1.82, 2.24) is 14.8 Å². The Morgan fingerprint density at radius 1 is 1.22 bits per heavy atom. The number of fused-ring (bicyclic) bond motifs is 1. The Balaban J connectivity index is 2.31. The van der Waals surface area contributed by atoms with Crippen LogP contribution in [0.2, 0.25) is 0 Å². The number of aromatic nitrogens is 3. The number of pyridine rings is 1. The van der Waals surface area contributed by atoms with E-state index >= 15 is 0 Å². The van der Waals surface area contributed by atoms with Gasteiger partial charge in [0.2, 0.25) is 0 Å². The second-order valence-electron chi connectivity index (χ2n) is 6.59. The third-order valence-corrected chi connectivity index (χ3v) is 4.46. The quantitative estimate of drug-likeness (QED) is 0.465. The fourth-order valence-electron chi connectivity index (χ4n) is 3.31. The van der Waals surface area contributed by atoms with Gasteiger partial charge in [0.25, 0.3) is 0 Å². The molecule has 2 heterocycles. The Morgan fingerprint density at radius 3 is 2.59 bits per heavy atom. The smallest absolute Gasteiger partial charge is 0.330 e. The van der Waals surface area contributed by atoms with Crippen LogP contribution in [0, 0.1) is 0 Å². The van der Waals surface area contributed by atoms with Crippen LogP contribution in [0.1, 0.15) is 44.7 Å². The molecule has 0 radical (unpaired) electrons. The standard InChI is InChI=1S/C22H25N3O2/c1-5-25-22-18(14-23-25)20(15(3)4)17(12-13-19(26)27-6-2)21(24-22)16-10-8-7-9-11-16/h7-15H,5-6H2,1-4H3. The highest BCUT2D eigenvalue weighted by Gasteiger charge is 2.20. The maximum atomic E-state index is 11.9. The summed E-state index contributed by atoms with van der Waals surface area (Å²) in [4.78, 5) is 16.9. The van der Waals surface area contributed by atoms with E-state index in [9.17, 15) is 4.79 Å². The van der Waals surface area contributed by atoms with E-state index in [1.54, 1.807) is 6.92 Å². The largest absolute Gasteiger partial charge is 0.463 e. The van der Waals surface area contributed by atoms with E-state index in [2.05, 4.69) is 25.9 Å². The van der Waals surface area contributed by atoms with Crippen LogP contribution in [0.25, 0.3) is 28.4 Å². The van der Waals surface area contributed by atoms with Crippen LogP contribution in [0.3, 0.4) is 0 Å². The summed E-state index contributed by atoms with van der Waals surface area (Å²) < 4.78 is 6.97. The zero-order valence-electron chi connectivity index (χ0n) is 16.3. The van der Waals surface area contributed by atoms with Gasteiger partial charge >= 0.3 is 5.97 Å². The van der Waals surface area contributed by atoms with E-state index in [1.807, 2.05) is 47.3 Å². The number of rotatable bonds is 6. The highest BCUT2D eigenvalue weighted by molar-refractivity contribution is 5.94. The van der Waals surface area contributed by atoms with Gasteiger partial charge in [-0.2, -0.15) is 5.10 Å². The molecule has 0 aliphatic carbocycles. The molecule has 140 valence electrons. The van der Waals surface area contributed by atoms with Crippen molar-refractivity contribution < 1.29 is 9.53 Å². The van der Waals surface area contributed by atoms with Crippen LogP contribution in [-0.2, 0) is 16.1 Å². The number of hydrogen-bond donors (Lipinski definition) is 0. The first-order valence-electron chi connectivity index (χ1n) is 9.36. The van der Waals surface area contributed by atoms with Gasteiger partial charge in [-0.15, -0.1) is 0 Å². The first kappa shape index (κ1) is 18.8. The Kier molecular flexibility index (Phi) is 5.69. The summed E-state index contributed by atoms with van der Waals surface area (Å²) in [6.45, 7) is 9.25. The molecule has 3 aromatic rings. The van der Waals surface area contributed by atoms with Gasteiger partial charge in [0.15, 0.2) is 5.65 Å². The number of carbonyl (C=O) groups excluding carboxylic acids is 1. The Labute approximate surface area is 159 Å². The first-order chi connectivity index (χ1) is 13.1. The molecule has 5 heteroatoms. The van der Waals surface area contributed by atoms with Crippen molar-refractivity contribution in [1.29, 1.82) is 0 Å². The van der Waals surface area contributed by atoms with E-state index in [0.29, 0.717) is 6.61 Å². The summed E-state index contributed by atoms with van der Waals surface area (Å²) >= 11 is 0. The molecule has 0 N–H and O–H groups in total. The van der Waals surface area contributed by atoms with Crippen LogP contribution >= 0.6 is 0 Å². The molecule has 0 aliphatic rings. The number of aryl methyl sites for hydroxylation is 1. The second-order valence-corrected chi connectivity index (χ2v) is 6.59. The van der Waals surface area contributed by atoms with Crippen LogP contribution in [0.4, 0.5) is 0 Å². The van der Waals surface area contributed by atoms with Crippen molar-refractivity contribution in [3.8, 4) is 11.3 Å². The van der Waals surface area contributed by atoms with E-state index in [-0.39, 0.29) is 11.9 Å². The monoisotopic (exact) mass is 363 g/mol. The third kappa shape index (κ3) is 3.77. The van der Waals surface area contributed by atoms with Gasteiger partial charge in [-0.25, -0.2) is 14.5 Å². The van der Waals surface area contributed by atoms with Crippen molar-refractivity contribution in [2.24, 2.45) is 0 Å². The average Bonchev–Trinajstić information content (AvgIpc) is 3.08. The minimum absolute atomic E-state index is 0.245. The van der Waals surface area contributed by atoms with Crippen LogP contribution in [-0.4, -0.2) is 27.3 Å². The molecule has 0 saturated carbocycles. The molecule has 0 atom stereocenters. The molecule has 0 amide bonds. The van der Waals surface area contributed by atoms with E-state index in [4.69, 9.17) is 9.72 Å². The highest BCUT2D eigenvalue weighted by atomic mass is 16.5. The maximum Gasteiger partial charge on any atom is 0.330 e. The normalized spacial score (nSPS) is 11.6. The Morgan fingerprint density at radius 2 is 1.96 bits per heavy atom. The molecule has 0 unspecified atom stereocenters. The molecule has 5 nitrogen and oxygen atoms in total. The summed E-state index contributed by atoms with van der Waals surface area (Å²) in [6, 6.07) is 10.0. The SMILES string of the molecule is CCOC(=O)C=Cc1c(-c2ccccc2)nc2c(cnn2CC)c1C(C)C. The number of benzene rings is 1. The Hall–Kier alpha value is -2.95. The number of esters is 1. The van der Waals surface area contributed by atoms with E-state index in [1.165, 1.54) is 6.08 Å². The fraction of sp³-hybridized carbons (Fsp3) is 0.318. The van der Waals surface area contributed by atoms with Crippen LogP contribution in [0.5, 0.6) is 0 Å². The van der Waals surface area contributed by atoms with Gasteiger partial charge in [-0.3, -0.25) is 0 Å². The first-order valence-corrected chi connectivity index (χ1v) is 9.36. The van der Waals surface area contributed by atoms with Crippen molar-refractivity contribution in [2.75, 3.05) is 6.61 Å². The van der Waals surface area contributed by atoms with Gasteiger partial charge in [0, 0.05) is 29.1 Å². The number of carbonyl (C=O) groups is 1. The minimum Gasteiger partial charge on any atom is -0.463 e. The van der Waals surface area contributed by atoms with Crippen molar-refractivity contribution >= 4 is 23.1 Å². The van der Waals surface area contributed by atoms with Gasteiger partial charge in [-0.05, 0) is 31.4 Å². The fourth-order valence-corrected chi connectivity index (χ4v) is 3.31. The topological polar surface area (TPSA) is 57.0 Å². The van der Waals surface area contributed by atoms with Gasteiger partial charge in [-0.1, -0.05) is 44.2 Å². The summed E-state index contributed by atoms with van der Waals surface area (Å²) in [5, 5.41) is 5.52. The molecule has 0 fully saturated rings. The lowest BCUT2D eigenvalue weighted by molar-refractivity contribution is -0.137. The second kappa shape index (κ2) is 8.16. The summed E-state index contributed by atoms with van der Waals surface area (Å²) in [7, 11) is 0. The van der Waals surface area contributed by atoms with E-state index in [0.717, 1.165) is 40.0 Å². The Bertz CT molecular complexity index is 972. The average molecular weight is 363 g/mol. The third-order valence-electron chi connectivity index (χ3n) is 4.46. The number of ether oxygens (including phenoxy) is 1. The molecule has 0 spiro atoms. The van der Waals surface area contributed by atoms with Crippen molar-refractivity contribution in [2.45, 2.75) is 40.2 Å². The zero-order valence-corrected chi connectivity index (χ0v) is 16.3. The van der Waals surface area contributed by atoms with Crippen molar-refractivity contribution in [3.63, 3.8) is 0 Å².